The molecule has 0 fully saturated rings. The second-order valence-corrected chi connectivity index (χ2v) is 5.70. The third kappa shape index (κ3) is 4.00. The number of rotatable bonds is 5. The summed E-state index contributed by atoms with van der Waals surface area (Å²) in [7, 11) is 0. The van der Waals surface area contributed by atoms with Gasteiger partial charge in [-0.3, -0.25) is 0 Å². The predicted octanol–water partition coefficient (Wildman–Crippen LogP) is 3.50. The third-order valence-corrected chi connectivity index (χ3v) is 3.37. The standard InChI is InChI=1S/C14H21NOS/c1-10(2)11-5-7-12(8-6-11)16-9-14(3,4)13(15)17/h5-8,10H,9H2,1-4H3,(H2,15,17). The van der Waals surface area contributed by atoms with Crippen molar-refractivity contribution in [1.82, 2.24) is 0 Å². The molecule has 0 saturated heterocycles. The lowest BCUT2D eigenvalue weighted by Gasteiger charge is -2.23. The summed E-state index contributed by atoms with van der Waals surface area (Å²) < 4.78 is 5.70. The van der Waals surface area contributed by atoms with Crippen molar-refractivity contribution in [2.75, 3.05) is 6.61 Å². The van der Waals surface area contributed by atoms with Crippen molar-refractivity contribution in [2.45, 2.75) is 33.6 Å². The Morgan fingerprint density at radius 2 is 1.82 bits per heavy atom. The van der Waals surface area contributed by atoms with Crippen LogP contribution < -0.4 is 10.5 Å². The molecular weight excluding hydrogens is 230 g/mol. The van der Waals surface area contributed by atoms with Crippen LogP contribution in [0.25, 0.3) is 0 Å². The fraction of sp³-hybridized carbons (Fsp3) is 0.500. The first-order valence-corrected chi connectivity index (χ1v) is 6.26. The van der Waals surface area contributed by atoms with E-state index in [0.29, 0.717) is 17.5 Å². The van der Waals surface area contributed by atoms with Crippen LogP contribution in [0, 0.1) is 5.41 Å². The second-order valence-electron chi connectivity index (χ2n) is 5.26. The fourth-order valence-corrected chi connectivity index (χ4v) is 1.34. The summed E-state index contributed by atoms with van der Waals surface area (Å²) in [5, 5.41) is 0. The van der Waals surface area contributed by atoms with E-state index in [1.54, 1.807) is 0 Å². The molecule has 1 aromatic rings. The van der Waals surface area contributed by atoms with Gasteiger partial charge in [0.25, 0.3) is 0 Å². The number of ether oxygens (including phenoxy) is 1. The van der Waals surface area contributed by atoms with E-state index in [1.807, 2.05) is 26.0 Å². The van der Waals surface area contributed by atoms with E-state index in [0.717, 1.165) is 5.75 Å². The molecule has 1 aromatic carbocycles. The Morgan fingerprint density at radius 1 is 1.29 bits per heavy atom. The Hall–Kier alpha value is -1.09. The number of nitrogens with two attached hydrogens (primary N) is 1. The highest BCUT2D eigenvalue weighted by molar-refractivity contribution is 7.80. The summed E-state index contributed by atoms with van der Waals surface area (Å²) in [6, 6.07) is 8.16. The quantitative estimate of drug-likeness (QED) is 0.813. The molecule has 0 amide bonds. The van der Waals surface area contributed by atoms with Crippen molar-refractivity contribution in [1.29, 1.82) is 0 Å². The zero-order chi connectivity index (χ0) is 13.1. The van der Waals surface area contributed by atoms with E-state index in [1.165, 1.54) is 5.56 Å². The van der Waals surface area contributed by atoms with E-state index in [9.17, 15) is 0 Å². The zero-order valence-electron chi connectivity index (χ0n) is 11.0. The molecule has 0 aromatic heterocycles. The van der Waals surface area contributed by atoms with E-state index < -0.39 is 0 Å². The van der Waals surface area contributed by atoms with Gasteiger partial charge in [-0.05, 0) is 23.6 Å². The van der Waals surface area contributed by atoms with Crippen LogP contribution in [0.2, 0.25) is 0 Å². The molecule has 17 heavy (non-hydrogen) atoms. The molecule has 0 aliphatic carbocycles. The van der Waals surface area contributed by atoms with Gasteiger partial charge in [-0.1, -0.05) is 52.0 Å². The molecule has 0 bridgehead atoms. The van der Waals surface area contributed by atoms with Gasteiger partial charge in [-0.2, -0.15) is 0 Å². The molecule has 0 atom stereocenters. The van der Waals surface area contributed by atoms with Gasteiger partial charge in [-0.15, -0.1) is 0 Å². The van der Waals surface area contributed by atoms with Gasteiger partial charge in [0.15, 0.2) is 0 Å². The fourth-order valence-electron chi connectivity index (χ4n) is 1.28. The number of hydrogen-bond donors (Lipinski definition) is 1. The highest BCUT2D eigenvalue weighted by Crippen LogP contribution is 2.21. The van der Waals surface area contributed by atoms with Crippen molar-refractivity contribution in [2.24, 2.45) is 11.1 Å². The molecule has 0 radical (unpaired) electrons. The predicted molar refractivity (Wildman–Crippen MR) is 76.6 cm³/mol. The van der Waals surface area contributed by atoms with E-state index in [-0.39, 0.29) is 5.41 Å². The largest absolute Gasteiger partial charge is 0.493 e. The van der Waals surface area contributed by atoms with Crippen LogP contribution in [0.15, 0.2) is 24.3 Å². The summed E-state index contributed by atoms with van der Waals surface area (Å²) in [6.45, 7) is 8.82. The Balaban J connectivity index is 2.62. The molecule has 0 heterocycles. The number of thiocarbonyl (C=S) groups is 1. The van der Waals surface area contributed by atoms with Crippen LogP contribution in [0.4, 0.5) is 0 Å². The van der Waals surface area contributed by atoms with Crippen molar-refractivity contribution in [3.63, 3.8) is 0 Å². The summed E-state index contributed by atoms with van der Waals surface area (Å²) in [5.41, 5.74) is 6.69. The molecule has 0 aliphatic rings. The van der Waals surface area contributed by atoms with Gasteiger partial charge >= 0.3 is 0 Å². The molecule has 0 unspecified atom stereocenters. The first-order valence-electron chi connectivity index (χ1n) is 5.85. The lowest BCUT2D eigenvalue weighted by atomic mass is 9.95. The highest BCUT2D eigenvalue weighted by Gasteiger charge is 2.22. The van der Waals surface area contributed by atoms with Gasteiger partial charge in [0.05, 0.1) is 11.6 Å². The third-order valence-electron chi connectivity index (χ3n) is 2.81. The molecule has 1 rings (SSSR count). The SMILES string of the molecule is CC(C)c1ccc(OCC(C)(C)C(N)=S)cc1. The van der Waals surface area contributed by atoms with Crippen LogP contribution in [0.1, 0.15) is 39.2 Å². The van der Waals surface area contributed by atoms with Gasteiger partial charge in [0.2, 0.25) is 0 Å². The monoisotopic (exact) mass is 251 g/mol. The maximum absolute atomic E-state index is 5.70. The molecule has 0 aliphatic heterocycles. The Morgan fingerprint density at radius 3 is 2.24 bits per heavy atom. The van der Waals surface area contributed by atoms with Crippen molar-refractivity contribution >= 4 is 17.2 Å². The molecule has 3 heteroatoms. The Bertz CT molecular complexity index is 382. The highest BCUT2D eigenvalue weighted by atomic mass is 32.1. The smallest absolute Gasteiger partial charge is 0.119 e. The van der Waals surface area contributed by atoms with E-state index >= 15 is 0 Å². The average Bonchev–Trinajstić information content (AvgIpc) is 2.27. The maximum atomic E-state index is 5.70. The topological polar surface area (TPSA) is 35.2 Å². The van der Waals surface area contributed by atoms with Crippen LogP contribution >= 0.6 is 12.2 Å². The zero-order valence-corrected chi connectivity index (χ0v) is 11.8. The van der Waals surface area contributed by atoms with Gasteiger partial charge < -0.3 is 10.5 Å². The second kappa shape index (κ2) is 5.50. The lowest BCUT2D eigenvalue weighted by Crippen LogP contribution is -2.35. The van der Waals surface area contributed by atoms with Crippen LogP contribution in [-0.4, -0.2) is 11.6 Å². The number of benzene rings is 1. The summed E-state index contributed by atoms with van der Waals surface area (Å²) in [6.07, 6.45) is 0. The van der Waals surface area contributed by atoms with Gasteiger partial charge in [0.1, 0.15) is 5.75 Å². The van der Waals surface area contributed by atoms with Crippen molar-refractivity contribution in [3.8, 4) is 5.75 Å². The van der Waals surface area contributed by atoms with Crippen molar-refractivity contribution < 1.29 is 4.74 Å². The molecule has 94 valence electrons. The Kier molecular flexibility index (Phi) is 4.52. The summed E-state index contributed by atoms with van der Waals surface area (Å²) in [4.78, 5) is 0.483. The van der Waals surface area contributed by atoms with Crippen LogP contribution in [-0.2, 0) is 0 Å². The van der Waals surface area contributed by atoms with Crippen LogP contribution in [0.5, 0.6) is 5.75 Å². The molecule has 0 spiro atoms. The Labute approximate surface area is 109 Å². The average molecular weight is 251 g/mol. The number of hydrogen-bond acceptors (Lipinski definition) is 2. The normalized spacial score (nSPS) is 11.6. The van der Waals surface area contributed by atoms with Gasteiger partial charge in [-0.25, -0.2) is 0 Å². The summed E-state index contributed by atoms with van der Waals surface area (Å²) >= 11 is 5.00. The summed E-state index contributed by atoms with van der Waals surface area (Å²) in [5.74, 6) is 1.40. The molecule has 2 nitrogen and oxygen atoms in total. The molecular formula is C14H21NOS. The minimum Gasteiger partial charge on any atom is -0.493 e. The maximum Gasteiger partial charge on any atom is 0.119 e. The minimum absolute atomic E-state index is 0.272. The first kappa shape index (κ1) is 14.0. The lowest BCUT2D eigenvalue weighted by molar-refractivity contribution is 0.236. The van der Waals surface area contributed by atoms with E-state index in [4.69, 9.17) is 22.7 Å². The first-order chi connectivity index (χ1) is 7.83. The molecule has 0 saturated carbocycles. The minimum atomic E-state index is -0.272. The molecule has 2 N–H and O–H groups in total. The van der Waals surface area contributed by atoms with E-state index in [2.05, 4.69) is 26.0 Å². The van der Waals surface area contributed by atoms with Crippen molar-refractivity contribution in [3.05, 3.63) is 29.8 Å². The van der Waals surface area contributed by atoms with Crippen LogP contribution in [0.3, 0.4) is 0 Å². The van der Waals surface area contributed by atoms with Gasteiger partial charge in [0, 0.05) is 5.41 Å².